The van der Waals surface area contributed by atoms with Crippen molar-refractivity contribution in [3.05, 3.63) is 12.3 Å². The zero-order valence-corrected chi connectivity index (χ0v) is 15.4. The highest BCUT2D eigenvalue weighted by Crippen LogP contribution is 2.42. The summed E-state index contributed by atoms with van der Waals surface area (Å²) in [6, 6.07) is 0. The summed E-state index contributed by atoms with van der Waals surface area (Å²) in [4.78, 5) is 0. The SMILES string of the molecule is C=C(CC(C1CCCCC1)C1CCCCC1)NC(C)(C)CC. The van der Waals surface area contributed by atoms with Gasteiger partial charge in [-0.15, -0.1) is 0 Å². The van der Waals surface area contributed by atoms with E-state index >= 15 is 0 Å². The Kier molecular flexibility index (Phi) is 6.84. The van der Waals surface area contributed by atoms with E-state index in [2.05, 4.69) is 32.7 Å². The molecule has 0 aromatic carbocycles. The minimum atomic E-state index is 0.195. The monoisotopic (exact) mass is 305 g/mol. The van der Waals surface area contributed by atoms with Crippen molar-refractivity contribution in [1.82, 2.24) is 5.32 Å². The van der Waals surface area contributed by atoms with Gasteiger partial charge in [0.2, 0.25) is 0 Å². The second kappa shape index (κ2) is 8.41. The minimum Gasteiger partial charge on any atom is -0.384 e. The van der Waals surface area contributed by atoms with E-state index in [-0.39, 0.29) is 5.54 Å². The average molecular weight is 306 g/mol. The molecule has 2 rings (SSSR count). The first-order valence-corrected chi connectivity index (χ1v) is 9.98. The molecule has 0 bridgehead atoms. The molecule has 128 valence electrons. The number of rotatable bonds is 7. The van der Waals surface area contributed by atoms with E-state index in [1.165, 1.54) is 76.3 Å². The van der Waals surface area contributed by atoms with Gasteiger partial charge in [-0.3, -0.25) is 0 Å². The molecule has 2 aliphatic carbocycles. The minimum absolute atomic E-state index is 0.195. The number of hydrogen-bond acceptors (Lipinski definition) is 1. The lowest BCUT2D eigenvalue weighted by Gasteiger charge is -2.39. The predicted molar refractivity (Wildman–Crippen MR) is 97.9 cm³/mol. The molecular formula is C21H39N. The molecule has 0 radical (unpaired) electrons. The van der Waals surface area contributed by atoms with Gasteiger partial charge < -0.3 is 5.32 Å². The Morgan fingerprint density at radius 1 is 0.955 bits per heavy atom. The first-order valence-electron chi connectivity index (χ1n) is 9.98. The molecular weight excluding hydrogens is 266 g/mol. The van der Waals surface area contributed by atoms with Gasteiger partial charge in [-0.25, -0.2) is 0 Å². The maximum absolute atomic E-state index is 4.41. The van der Waals surface area contributed by atoms with Gasteiger partial charge in [0.15, 0.2) is 0 Å². The van der Waals surface area contributed by atoms with E-state index in [1.807, 2.05) is 0 Å². The third kappa shape index (κ3) is 5.32. The van der Waals surface area contributed by atoms with Crippen LogP contribution in [0.25, 0.3) is 0 Å². The fourth-order valence-corrected chi connectivity index (χ4v) is 4.75. The van der Waals surface area contributed by atoms with Crippen molar-refractivity contribution in [3.63, 3.8) is 0 Å². The molecule has 1 heteroatoms. The van der Waals surface area contributed by atoms with Gasteiger partial charge in [0.1, 0.15) is 0 Å². The highest BCUT2D eigenvalue weighted by atomic mass is 15.0. The Morgan fingerprint density at radius 3 is 1.82 bits per heavy atom. The quantitative estimate of drug-likeness (QED) is 0.570. The van der Waals surface area contributed by atoms with Crippen LogP contribution in [0.1, 0.15) is 97.8 Å². The largest absolute Gasteiger partial charge is 0.384 e. The van der Waals surface area contributed by atoms with Crippen molar-refractivity contribution >= 4 is 0 Å². The second-order valence-electron chi connectivity index (χ2n) is 8.63. The molecule has 0 spiro atoms. The van der Waals surface area contributed by atoms with Crippen molar-refractivity contribution in [3.8, 4) is 0 Å². The van der Waals surface area contributed by atoms with Gasteiger partial charge in [0.25, 0.3) is 0 Å². The molecule has 0 heterocycles. The molecule has 1 N–H and O–H groups in total. The van der Waals surface area contributed by atoms with Gasteiger partial charge in [-0.2, -0.15) is 0 Å². The Bertz CT molecular complexity index is 314. The highest BCUT2D eigenvalue weighted by molar-refractivity contribution is 5.01. The molecule has 0 unspecified atom stereocenters. The van der Waals surface area contributed by atoms with Gasteiger partial charge in [0, 0.05) is 11.2 Å². The molecule has 22 heavy (non-hydrogen) atoms. The van der Waals surface area contributed by atoms with Crippen LogP contribution in [0.3, 0.4) is 0 Å². The number of nitrogens with one attached hydrogen (secondary N) is 1. The molecule has 0 aliphatic heterocycles. The molecule has 2 fully saturated rings. The Hall–Kier alpha value is -0.460. The third-order valence-electron chi connectivity index (χ3n) is 6.39. The molecule has 0 saturated heterocycles. The van der Waals surface area contributed by atoms with Crippen LogP contribution in [0.15, 0.2) is 12.3 Å². The molecule has 0 aromatic rings. The maximum atomic E-state index is 4.41. The van der Waals surface area contributed by atoms with Crippen LogP contribution < -0.4 is 5.32 Å². The van der Waals surface area contributed by atoms with Gasteiger partial charge in [0.05, 0.1) is 0 Å². The average Bonchev–Trinajstić information content (AvgIpc) is 2.54. The molecule has 0 amide bonds. The fourth-order valence-electron chi connectivity index (χ4n) is 4.75. The van der Waals surface area contributed by atoms with E-state index in [1.54, 1.807) is 0 Å². The van der Waals surface area contributed by atoms with E-state index in [4.69, 9.17) is 0 Å². The normalized spacial score (nSPS) is 22.0. The van der Waals surface area contributed by atoms with E-state index in [0.717, 1.165) is 24.2 Å². The Morgan fingerprint density at radius 2 is 1.41 bits per heavy atom. The van der Waals surface area contributed by atoms with Crippen LogP contribution in [0.4, 0.5) is 0 Å². The Balaban J connectivity index is 1.98. The molecule has 2 aliphatic rings. The zero-order chi connectivity index (χ0) is 16.0. The van der Waals surface area contributed by atoms with Crippen LogP contribution >= 0.6 is 0 Å². The number of hydrogen-bond donors (Lipinski definition) is 1. The molecule has 1 nitrogen and oxygen atoms in total. The van der Waals surface area contributed by atoms with E-state index in [9.17, 15) is 0 Å². The van der Waals surface area contributed by atoms with Crippen molar-refractivity contribution in [2.75, 3.05) is 0 Å². The summed E-state index contributed by atoms with van der Waals surface area (Å²) in [6.45, 7) is 11.3. The van der Waals surface area contributed by atoms with Crippen molar-refractivity contribution < 1.29 is 0 Å². The summed E-state index contributed by atoms with van der Waals surface area (Å²) in [5, 5.41) is 3.72. The van der Waals surface area contributed by atoms with E-state index < -0.39 is 0 Å². The van der Waals surface area contributed by atoms with Crippen LogP contribution in [-0.2, 0) is 0 Å². The molecule has 2 saturated carbocycles. The molecule has 0 atom stereocenters. The summed E-state index contributed by atoms with van der Waals surface area (Å²) >= 11 is 0. The third-order valence-corrected chi connectivity index (χ3v) is 6.39. The lowest BCUT2D eigenvalue weighted by molar-refractivity contribution is 0.140. The lowest BCUT2D eigenvalue weighted by Crippen LogP contribution is -2.39. The summed E-state index contributed by atoms with van der Waals surface area (Å²) in [6.07, 6.45) is 17.1. The summed E-state index contributed by atoms with van der Waals surface area (Å²) in [5.41, 5.74) is 1.49. The van der Waals surface area contributed by atoms with Crippen LogP contribution in [-0.4, -0.2) is 5.54 Å². The van der Waals surface area contributed by atoms with Gasteiger partial charge in [-0.05, 0) is 44.4 Å². The van der Waals surface area contributed by atoms with Gasteiger partial charge >= 0.3 is 0 Å². The fraction of sp³-hybridized carbons (Fsp3) is 0.905. The maximum Gasteiger partial charge on any atom is 0.0311 e. The van der Waals surface area contributed by atoms with Gasteiger partial charge in [-0.1, -0.05) is 77.7 Å². The topological polar surface area (TPSA) is 12.0 Å². The van der Waals surface area contributed by atoms with Crippen LogP contribution in [0, 0.1) is 17.8 Å². The van der Waals surface area contributed by atoms with Crippen LogP contribution in [0.2, 0.25) is 0 Å². The first kappa shape index (κ1) is 17.9. The lowest BCUT2D eigenvalue weighted by atomic mass is 9.68. The highest BCUT2D eigenvalue weighted by Gasteiger charge is 2.32. The van der Waals surface area contributed by atoms with Crippen LogP contribution in [0.5, 0.6) is 0 Å². The predicted octanol–water partition coefficient (Wildman–Crippen LogP) is 6.45. The zero-order valence-electron chi connectivity index (χ0n) is 15.4. The smallest absolute Gasteiger partial charge is 0.0311 e. The second-order valence-corrected chi connectivity index (χ2v) is 8.63. The summed E-state index contributed by atoms with van der Waals surface area (Å²) < 4.78 is 0. The first-order chi connectivity index (χ1) is 10.5. The van der Waals surface area contributed by atoms with Crippen molar-refractivity contribution in [1.29, 1.82) is 0 Å². The Labute approximate surface area is 139 Å². The van der Waals surface area contributed by atoms with Crippen molar-refractivity contribution in [2.24, 2.45) is 17.8 Å². The van der Waals surface area contributed by atoms with Crippen molar-refractivity contribution in [2.45, 2.75) is 103 Å². The summed E-state index contributed by atoms with van der Waals surface area (Å²) in [7, 11) is 0. The number of allylic oxidation sites excluding steroid dienone is 1. The summed E-state index contributed by atoms with van der Waals surface area (Å²) in [5.74, 6) is 2.84. The standard InChI is InChI=1S/C21H39N/c1-5-21(3,4)22-17(2)16-20(18-12-8-6-9-13-18)19-14-10-7-11-15-19/h18-20,22H,2,5-16H2,1,3-4H3. The molecule has 0 aromatic heterocycles. The van der Waals surface area contributed by atoms with E-state index in [0.29, 0.717) is 0 Å².